The van der Waals surface area contributed by atoms with Crippen LogP contribution in [0.3, 0.4) is 0 Å². The molecular weight excluding hydrogens is 638 g/mol. The lowest BCUT2D eigenvalue weighted by atomic mass is 10.0. The van der Waals surface area contributed by atoms with Crippen molar-refractivity contribution in [2.24, 2.45) is 0 Å². The normalized spacial score (nSPS) is 12.8. The summed E-state index contributed by atoms with van der Waals surface area (Å²) in [5.41, 5.74) is 0.903. The second-order valence-corrected chi connectivity index (χ2v) is 12.9. The van der Waals surface area contributed by atoms with Crippen molar-refractivity contribution in [2.75, 3.05) is 99.0 Å². The topological polar surface area (TPSA) is 102 Å². The molecule has 0 bridgehead atoms. The first kappa shape index (κ1) is 44.2. The highest BCUT2D eigenvalue weighted by atomic mass is 16.6. The van der Waals surface area contributed by atoms with E-state index in [4.69, 9.17) is 33.2 Å². The van der Waals surface area contributed by atoms with Crippen LogP contribution in [0.1, 0.15) is 130 Å². The van der Waals surface area contributed by atoms with E-state index in [1.54, 1.807) is 24.3 Å². The van der Waals surface area contributed by atoms with Crippen LogP contribution < -0.4 is 0 Å². The number of carbonyl (C=O) groups excluding carboxylic acids is 2. The molecule has 1 aromatic carbocycles. The van der Waals surface area contributed by atoms with Crippen molar-refractivity contribution in [3.8, 4) is 0 Å². The molecule has 1 aliphatic rings. The van der Waals surface area contributed by atoms with Crippen LogP contribution in [0.2, 0.25) is 0 Å². The minimum Gasteiger partial charge on any atom is -0.379 e. The molecule has 0 aromatic heterocycles. The third kappa shape index (κ3) is 22.8. The van der Waals surface area contributed by atoms with Gasteiger partial charge in [0.25, 0.3) is 11.8 Å². The number of imide groups is 1. The first-order chi connectivity index (χ1) is 24.8. The molecule has 1 aliphatic heterocycles. The van der Waals surface area contributed by atoms with E-state index in [9.17, 15) is 9.59 Å². The largest absolute Gasteiger partial charge is 0.379 e. The summed E-state index contributed by atoms with van der Waals surface area (Å²) >= 11 is 0. The first-order valence-electron chi connectivity index (χ1n) is 19.7. The Labute approximate surface area is 303 Å². The molecule has 0 aliphatic carbocycles. The molecule has 0 N–H and O–H groups in total. The molecule has 0 atom stereocenters. The monoisotopic (exact) mass is 707 g/mol. The average Bonchev–Trinajstić information content (AvgIpc) is 3.37. The SMILES string of the molecule is CCCCCCCCCCCCCCCCCCOCCOCCOCCOCCOCCOCCOCCN1C(=O)c2ccccc2C1=O. The number of ether oxygens (including phenoxy) is 7. The summed E-state index contributed by atoms with van der Waals surface area (Å²) < 4.78 is 38.8. The van der Waals surface area contributed by atoms with Crippen molar-refractivity contribution in [2.45, 2.75) is 110 Å². The number of amides is 2. The van der Waals surface area contributed by atoms with E-state index in [1.807, 2.05) is 0 Å². The molecular formula is C40H69NO9. The van der Waals surface area contributed by atoms with Gasteiger partial charge in [0.05, 0.1) is 104 Å². The molecule has 2 rings (SSSR count). The lowest BCUT2D eigenvalue weighted by Crippen LogP contribution is -2.33. The highest BCUT2D eigenvalue weighted by Crippen LogP contribution is 2.22. The van der Waals surface area contributed by atoms with Crippen LogP contribution in [0.5, 0.6) is 0 Å². The summed E-state index contributed by atoms with van der Waals surface area (Å²) in [6.45, 7) is 9.69. The predicted molar refractivity (Wildman–Crippen MR) is 197 cm³/mol. The van der Waals surface area contributed by atoms with Gasteiger partial charge in [0, 0.05) is 6.61 Å². The summed E-state index contributed by atoms with van der Waals surface area (Å²) in [4.78, 5) is 25.9. The Kier molecular flexibility index (Phi) is 29.2. The van der Waals surface area contributed by atoms with Gasteiger partial charge in [-0.05, 0) is 18.6 Å². The van der Waals surface area contributed by atoms with Crippen molar-refractivity contribution in [3.05, 3.63) is 35.4 Å². The van der Waals surface area contributed by atoms with Crippen molar-refractivity contribution in [1.29, 1.82) is 0 Å². The Balaban J connectivity index is 1.16. The fraction of sp³-hybridized carbons (Fsp3) is 0.800. The molecule has 0 spiro atoms. The Morgan fingerprint density at radius 3 is 1.00 bits per heavy atom. The summed E-state index contributed by atoms with van der Waals surface area (Å²) in [5, 5.41) is 0. The van der Waals surface area contributed by atoms with Crippen LogP contribution >= 0.6 is 0 Å². The van der Waals surface area contributed by atoms with Crippen LogP contribution in [-0.4, -0.2) is 116 Å². The second kappa shape index (κ2) is 33.0. The fourth-order valence-corrected chi connectivity index (χ4v) is 5.77. The Morgan fingerprint density at radius 2 is 0.660 bits per heavy atom. The number of benzene rings is 1. The van der Waals surface area contributed by atoms with Crippen LogP contribution in [0, 0.1) is 0 Å². The van der Waals surface area contributed by atoms with Gasteiger partial charge in [0.1, 0.15) is 0 Å². The van der Waals surface area contributed by atoms with Crippen molar-refractivity contribution in [3.63, 3.8) is 0 Å². The molecule has 10 heteroatoms. The predicted octanol–water partition coefficient (Wildman–Crippen LogP) is 7.66. The maximum atomic E-state index is 12.3. The van der Waals surface area contributed by atoms with Crippen molar-refractivity contribution >= 4 is 11.8 Å². The maximum Gasteiger partial charge on any atom is 0.261 e. The van der Waals surface area contributed by atoms with Gasteiger partial charge in [-0.3, -0.25) is 14.5 Å². The Morgan fingerprint density at radius 1 is 0.380 bits per heavy atom. The number of hydrogen-bond donors (Lipinski definition) is 0. The summed E-state index contributed by atoms with van der Waals surface area (Å²) in [6.07, 6.45) is 22.1. The summed E-state index contributed by atoms with van der Waals surface area (Å²) in [7, 11) is 0. The highest BCUT2D eigenvalue weighted by molar-refractivity contribution is 6.21. The minimum atomic E-state index is -0.268. The van der Waals surface area contributed by atoms with Gasteiger partial charge in [-0.25, -0.2) is 0 Å². The number of rotatable bonds is 38. The fourth-order valence-electron chi connectivity index (χ4n) is 5.77. The van der Waals surface area contributed by atoms with Crippen LogP contribution in [0.15, 0.2) is 24.3 Å². The number of carbonyl (C=O) groups is 2. The standard InChI is InChI=1S/C40H69NO9/c1-2-3-4-5-6-7-8-9-10-11-12-13-14-15-16-19-23-44-25-27-46-29-31-48-33-35-50-36-34-49-32-30-47-28-26-45-24-22-41-39(42)37-20-17-18-21-38(37)40(41)43/h17-18,20-21H,2-16,19,22-36H2,1H3. The van der Waals surface area contributed by atoms with Gasteiger partial charge < -0.3 is 33.2 Å². The number of unbranched alkanes of at least 4 members (excludes halogenated alkanes) is 15. The molecule has 0 fully saturated rings. The van der Waals surface area contributed by atoms with Gasteiger partial charge >= 0.3 is 0 Å². The first-order valence-corrected chi connectivity index (χ1v) is 19.7. The zero-order valence-electron chi connectivity index (χ0n) is 31.4. The average molecular weight is 708 g/mol. The van der Waals surface area contributed by atoms with Crippen LogP contribution in [-0.2, 0) is 33.2 Å². The van der Waals surface area contributed by atoms with Gasteiger partial charge in [-0.2, -0.15) is 0 Å². The minimum absolute atomic E-state index is 0.226. The molecule has 0 radical (unpaired) electrons. The Bertz CT molecular complexity index is 912. The van der Waals surface area contributed by atoms with Crippen molar-refractivity contribution in [1.82, 2.24) is 4.90 Å². The quantitative estimate of drug-likeness (QED) is 0.0507. The van der Waals surface area contributed by atoms with Gasteiger partial charge in [0.15, 0.2) is 0 Å². The van der Waals surface area contributed by atoms with E-state index >= 15 is 0 Å². The van der Waals surface area contributed by atoms with Gasteiger partial charge in [0.2, 0.25) is 0 Å². The third-order valence-corrected chi connectivity index (χ3v) is 8.71. The molecule has 288 valence electrons. The van der Waals surface area contributed by atoms with E-state index < -0.39 is 0 Å². The van der Waals surface area contributed by atoms with Crippen LogP contribution in [0.25, 0.3) is 0 Å². The molecule has 10 nitrogen and oxygen atoms in total. The zero-order chi connectivity index (χ0) is 35.6. The van der Waals surface area contributed by atoms with E-state index in [0.29, 0.717) is 90.4 Å². The second-order valence-electron chi connectivity index (χ2n) is 12.9. The molecule has 1 aromatic rings. The maximum absolute atomic E-state index is 12.3. The smallest absolute Gasteiger partial charge is 0.261 e. The number of hydrogen-bond acceptors (Lipinski definition) is 9. The van der Waals surface area contributed by atoms with Crippen LogP contribution in [0.4, 0.5) is 0 Å². The molecule has 50 heavy (non-hydrogen) atoms. The van der Waals surface area contributed by atoms with Gasteiger partial charge in [-0.15, -0.1) is 0 Å². The third-order valence-electron chi connectivity index (χ3n) is 8.71. The summed E-state index contributed by atoms with van der Waals surface area (Å²) in [6, 6.07) is 6.85. The number of nitrogens with zero attached hydrogens (tertiary/aromatic N) is 1. The van der Waals surface area contributed by atoms with E-state index in [1.165, 1.54) is 101 Å². The molecule has 2 amide bonds. The highest BCUT2D eigenvalue weighted by Gasteiger charge is 2.34. The van der Waals surface area contributed by atoms with Crippen molar-refractivity contribution < 1.29 is 42.7 Å². The Hall–Kier alpha value is -1.92. The molecule has 0 saturated carbocycles. The molecule has 0 unspecified atom stereocenters. The van der Waals surface area contributed by atoms with E-state index in [0.717, 1.165) is 13.0 Å². The zero-order valence-corrected chi connectivity index (χ0v) is 31.4. The van der Waals surface area contributed by atoms with Gasteiger partial charge in [-0.1, -0.05) is 115 Å². The summed E-state index contributed by atoms with van der Waals surface area (Å²) in [5.74, 6) is -0.535. The lowest BCUT2D eigenvalue weighted by molar-refractivity contribution is -0.0208. The molecule has 0 saturated heterocycles. The lowest BCUT2D eigenvalue weighted by Gasteiger charge is -2.13. The molecule has 1 heterocycles. The number of fused-ring (bicyclic) bond motifs is 1. The van der Waals surface area contributed by atoms with E-state index in [2.05, 4.69) is 6.92 Å². The van der Waals surface area contributed by atoms with E-state index in [-0.39, 0.29) is 25.0 Å².